The van der Waals surface area contributed by atoms with Crippen LogP contribution in [0.4, 0.5) is 11.4 Å². The highest BCUT2D eigenvalue weighted by molar-refractivity contribution is 6.35. The van der Waals surface area contributed by atoms with Crippen LogP contribution in [-0.2, 0) is 4.79 Å². The van der Waals surface area contributed by atoms with E-state index >= 15 is 0 Å². The lowest BCUT2D eigenvalue weighted by Crippen LogP contribution is -2.21. The van der Waals surface area contributed by atoms with Gasteiger partial charge in [0.15, 0.2) is 0 Å². The van der Waals surface area contributed by atoms with E-state index in [1.54, 1.807) is 29.1 Å². The fraction of sp³-hybridized carbons (Fsp3) is 0.222. The molecule has 1 amide bonds. The quantitative estimate of drug-likeness (QED) is 0.278. The smallest absolute Gasteiger partial charge is 0.248 e. The Balaban J connectivity index is 1.57. The number of nitrogens with zero attached hydrogens (tertiary/aromatic N) is 4. The minimum absolute atomic E-state index is 0.270. The monoisotopic (exact) mass is 507 g/mol. The average Bonchev–Trinajstić information content (AvgIpc) is 3.22. The van der Waals surface area contributed by atoms with Crippen molar-refractivity contribution in [2.45, 2.75) is 27.7 Å². The maximum absolute atomic E-state index is 12.5. The van der Waals surface area contributed by atoms with E-state index in [0.29, 0.717) is 26.8 Å². The molecule has 4 aromatic rings. The molecule has 1 N–H and O–H groups in total. The molecule has 0 aliphatic rings. The van der Waals surface area contributed by atoms with Gasteiger partial charge in [-0.1, -0.05) is 29.3 Å². The Labute approximate surface area is 215 Å². The van der Waals surface area contributed by atoms with Crippen molar-refractivity contribution in [3.8, 4) is 5.69 Å². The molecular formula is C27H27Cl2N5O. The van der Waals surface area contributed by atoms with E-state index in [2.05, 4.69) is 53.3 Å². The van der Waals surface area contributed by atoms with Gasteiger partial charge in [0.2, 0.25) is 5.91 Å². The minimum Gasteiger partial charge on any atom is -0.372 e. The van der Waals surface area contributed by atoms with E-state index in [9.17, 15) is 4.79 Å². The van der Waals surface area contributed by atoms with Crippen molar-refractivity contribution in [3.63, 3.8) is 0 Å². The zero-order valence-corrected chi connectivity index (χ0v) is 21.7. The van der Waals surface area contributed by atoms with Crippen molar-refractivity contribution in [3.05, 3.63) is 81.3 Å². The van der Waals surface area contributed by atoms with Crippen molar-refractivity contribution in [2.24, 2.45) is 0 Å². The molecule has 6 nitrogen and oxygen atoms in total. The number of rotatable bonds is 7. The lowest BCUT2D eigenvalue weighted by molar-refractivity contribution is -0.111. The van der Waals surface area contributed by atoms with Crippen molar-refractivity contribution >= 4 is 57.6 Å². The van der Waals surface area contributed by atoms with Gasteiger partial charge in [-0.2, -0.15) is 4.80 Å². The normalized spacial score (nSPS) is 11.4. The summed E-state index contributed by atoms with van der Waals surface area (Å²) in [6.07, 6.45) is 3.10. The molecule has 0 saturated heterocycles. The Bertz CT molecular complexity index is 1420. The topological polar surface area (TPSA) is 63.1 Å². The number of hydrogen-bond donors (Lipinski definition) is 1. The zero-order chi connectivity index (χ0) is 25.1. The van der Waals surface area contributed by atoms with Crippen molar-refractivity contribution in [1.82, 2.24) is 15.0 Å². The molecule has 0 saturated carbocycles. The molecule has 1 heterocycles. The van der Waals surface area contributed by atoms with Crippen LogP contribution in [0, 0.1) is 13.8 Å². The number of anilines is 2. The molecule has 35 heavy (non-hydrogen) atoms. The molecule has 0 radical (unpaired) electrons. The first kappa shape index (κ1) is 24.8. The molecule has 0 spiro atoms. The van der Waals surface area contributed by atoms with Crippen LogP contribution in [0.1, 0.15) is 30.5 Å². The molecule has 0 unspecified atom stereocenters. The van der Waals surface area contributed by atoms with Crippen LogP contribution in [0.15, 0.2) is 54.6 Å². The molecule has 0 atom stereocenters. The van der Waals surface area contributed by atoms with E-state index in [1.165, 1.54) is 11.8 Å². The molecule has 0 aliphatic heterocycles. The number of amides is 1. The molecule has 0 fully saturated rings. The van der Waals surface area contributed by atoms with Gasteiger partial charge in [-0.3, -0.25) is 4.79 Å². The van der Waals surface area contributed by atoms with Gasteiger partial charge in [-0.15, -0.1) is 10.2 Å². The van der Waals surface area contributed by atoms with Gasteiger partial charge in [-0.25, -0.2) is 0 Å². The first-order valence-electron chi connectivity index (χ1n) is 11.5. The van der Waals surface area contributed by atoms with Gasteiger partial charge in [-0.05, 0) is 92.9 Å². The van der Waals surface area contributed by atoms with Gasteiger partial charge in [0.25, 0.3) is 0 Å². The number of carbonyl (C=O) groups excluding carboxylic acids is 1. The summed E-state index contributed by atoms with van der Waals surface area (Å²) < 4.78 is 0. The summed E-state index contributed by atoms with van der Waals surface area (Å²) in [7, 11) is 0. The third kappa shape index (κ3) is 5.50. The summed E-state index contributed by atoms with van der Waals surface area (Å²) in [4.78, 5) is 16.5. The molecule has 0 aliphatic carbocycles. The highest BCUT2D eigenvalue weighted by Crippen LogP contribution is 2.26. The number of benzene rings is 3. The van der Waals surface area contributed by atoms with Gasteiger partial charge in [0.05, 0.1) is 5.69 Å². The van der Waals surface area contributed by atoms with Gasteiger partial charge in [0, 0.05) is 40.6 Å². The lowest BCUT2D eigenvalue weighted by Gasteiger charge is -2.22. The first-order valence-corrected chi connectivity index (χ1v) is 12.2. The van der Waals surface area contributed by atoms with E-state index in [1.807, 2.05) is 25.1 Å². The third-order valence-electron chi connectivity index (χ3n) is 5.89. The van der Waals surface area contributed by atoms with Gasteiger partial charge >= 0.3 is 0 Å². The van der Waals surface area contributed by atoms with Crippen LogP contribution < -0.4 is 10.2 Å². The van der Waals surface area contributed by atoms with Crippen molar-refractivity contribution < 1.29 is 4.79 Å². The summed E-state index contributed by atoms with van der Waals surface area (Å²) in [6, 6.07) is 15.2. The number of fused-ring (bicyclic) bond motifs is 1. The molecule has 0 bridgehead atoms. The molecule has 3 aromatic carbocycles. The summed E-state index contributed by atoms with van der Waals surface area (Å²) >= 11 is 12.1. The zero-order valence-electron chi connectivity index (χ0n) is 20.1. The summed E-state index contributed by atoms with van der Waals surface area (Å²) in [5.41, 5.74) is 6.93. The van der Waals surface area contributed by atoms with Crippen LogP contribution in [0.2, 0.25) is 10.0 Å². The Hall–Kier alpha value is -3.35. The highest BCUT2D eigenvalue weighted by Gasteiger charge is 2.12. The van der Waals surface area contributed by atoms with Crippen molar-refractivity contribution in [1.29, 1.82) is 0 Å². The Morgan fingerprint density at radius 2 is 1.69 bits per heavy atom. The van der Waals surface area contributed by atoms with Gasteiger partial charge < -0.3 is 10.2 Å². The molecule has 1 aromatic heterocycles. The lowest BCUT2D eigenvalue weighted by atomic mass is 10.1. The fourth-order valence-corrected chi connectivity index (χ4v) is 4.41. The number of aryl methyl sites for hydroxylation is 2. The standard InChI is InChI=1S/C27H27Cl2N5O/c1-5-33(6-2)21-10-11-26(18(4)13-21)34-31-24-14-17(3)23(16-25(24)32-34)30-27(35)12-8-19-7-9-20(28)15-22(19)29/h7-16H,5-6H2,1-4H3,(H,30,35)/b12-8+. The van der Waals surface area contributed by atoms with Crippen LogP contribution in [0.3, 0.4) is 0 Å². The SMILES string of the molecule is CCN(CC)c1ccc(-n2nc3cc(C)c(NC(=O)/C=C/c4ccc(Cl)cc4Cl)cc3n2)c(C)c1. The largest absolute Gasteiger partial charge is 0.372 e. The van der Waals surface area contributed by atoms with Crippen molar-refractivity contribution in [2.75, 3.05) is 23.3 Å². The number of carbonyl (C=O) groups is 1. The predicted octanol–water partition coefficient (Wildman–Crippen LogP) is 6.84. The summed E-state index contributed by atoms with van der Waals surface area (Å²) in [5, 5.41) is 13.3. The number of halogens is 2. The average molecular weight is 508 g/mol. The van der Waals surface area contributed by atoms with Gasteiger partial charge in [0.1, 0.15) is 11.0 Å². The van der Waals surface area contributed by atoms with Crippen LogP contribution in [0.25, 0.3) is 22.8 Å². The maximum Gasteiger partial charge on any atom is 0.248 e. The van der Waals surface area contributed by atoms with E-state index in [-0.39, 0.29) is 5.91 Å². The van der Waals surface area contributed by atoms with E-state index in [4.69, 9.17) is 23.2 Å². The number of nitrogens with one attached hydrogen (secondary N) is 1. The van der Waals surface area contributed by atoms with E-state index < -0.39 is 0 Å². The molecule has 8 heteroatoms. The second-order valence-electron chi connectivity index (χ2n) is 8.28. The molecule has 4 rings (SSSR count). The van der Waals surface area contributed by atoms with E-state index in [0.717, 1.165) is 35.4 Å². The van der Waals surface area contributed by atoms with Crippen LogP contribution in [0.5, 0.6) is 0 Å². The number of hydrogen-bond acceptors (Lipinski definition) is 4. The Morgan fingerprint density at radius 3 is 2.34 bits per heavy atom. The second kappa shape index (κ2) is 10.5. The maximum atomic E-state index is 12.5. The summed E-state index contributed by atoms with van der Waals surface area (Å²) in [5.74, 6) is -0.270. The minimum atomic E-state index is -0.270. The Kier molecular flexibility index (Phi) is 7.43. The third-order valence-corrected chi connectivity index (χ3v) is 6.45. The molecule has 180 valence electrons. The van der Waals surface area contributed by atoms with Crippen LogP contribution >= 0.6 is 23.2 Å². The fourth-order valence-electron chi connectivity index (χ4n) is 3.94. The first-order chi connectivity index (χ1) is 16.8. The second-order valence-corrected chi connectivity index (χ2v) is 9.12. The number of aromatic nitrogens is 3. The Morgan fingerprint density at radius 1 is 0.971 bits per heavy atom. The molecular weight excluding hydrogens is 481 g/mol. The van der Waals surface area contributed by atoms with Crippen LogP contribution in [-0.4, -0.2) is 34.0 Å². The summed E-state index contributed by atoms with van der Waals surface area (Å²) in [6.45, 7) is 10.2. The highest BCUT2D eigenvalue weighted by atomic mass is 35.5. The predicted molar refractivity (Wildman–Crippen MR) is 146 cm³/mol.